The van der Waals surface area contributed by atoms with Crippen LogP contribution >= 0.6 is 0 Å². The van der Waals surface area contributed by atoms with E-state index in [-0.39, 0.29) is 46.2 Å². The van der Waals surface area contributed by atoms with Crippen molar-refractivity contribution in [1.29, 1.82) is 0 Å². The lowest BCUT2D eigenvalue weighted by Crippen LogP contribution is -2.40. The minimum Gasteiger partial charge on any atom is -0.338 e. The van der Waals surface area contributed by atoms with E-state index in [1.165, 1.54) is 0 Å². The minimum absolute atomic E-state index is 0.133. The van der Waals surface area contributed by atoms with Gasteiger partial charge in [0.25, 0.3) is 0 Å². The number of hydrogen-bond donors (Lipinski definition) is 2. The molecule has 0 amide bonds. The molecular weight excluding hydrogens is 693 g/mol. The number of nitrogens with zero attached hydrogens (tertiary/aromatic N) is 6. The second-order valence-electron chi connectivity index (χ2n) is 13.4. The van der Waals surface area contributed by atoms with Crippen LogP contribution < -0.4 is 15.5 Å². The minimum atomic E-state index is -0.277. The third kappa shape index (κ3) is 7.26. The molecule has 0 fully saturated rings. The largest absolute Gasteiger partial charge is 0.338 e. The molecule has 0 saturated heterocycles. The molecule has 0 atom stereocenters. The van der Waals surface area contributed by atoms with Crippen molar-refractivity contribution < 1.29 is 19.2 Å². The van der Waals surface area contributed by atoms with Gasteiger partial charge < -0.3 is 25.3 Å². The highest BCUT2D eigenvalue weighted by Crippen LogP contribution is 2.35. The van der Waals surface area contributed by atoms with E-state index in [0.29, 0.717) is 63.8 Å². The maximum atomic E-state index is 13.9. The molecule has 2 aliphatic rings. The Balaban J connectivity index is 1.32. The van der Waals surface area contributed by atoms with Gasteiger partial charge in [0.05, 0.1) is 22.5 Å². The molecule has 0 aliphatic heterocycles. The van der Waals surface area contributed by atoms with Gasteiger partial charge >= 0.3 is 0 Å². The maximum absolute atomic E-state index is 13.9. The van der Waals surface area contributed by atoms with Gasteiger partial charge in [-0.25, -0.2) is 0 Å². The maximum Gasteiger partial charge on any atom is 0.233 e. The molecule has 0 unspecified atom stereocenters. The van der Waals surface area contributed by atoms with Crippen molar-refractivity contribution in [2.45, 2.75) is 27.7 Å². The molecule has 2 aliphatic carbocycles. The summed E-state index contributed by atoms with van der Waals surface area (Å²) in [5.74, 6) is -0.376. The van der Waals surface area contributed by atoms with Crippen molar-refractivity contribution >= 4 is 52.4 Å². The Labute approximate surface area is 320 Å². The van der Waals surface area contributed by atoms with Gasteiger partial charge in [-0.2, -0.15) is 15.0 Å². The van der Waals surface area contributed by atoms with E-state index in [2.05, 4.69) is 53.0 Å². The Morgan fingerprint density at radius 3 is 1.18 bits per heavy atom. The van der Waals surface area contributed by atoms with Crippen molar-refractivity contribution in [3.8, 4) is 0 Å². The molecule has 4 aromatic carbocycles. The fraction of sp³-hybridized carbons (Fsp3) is 0.279. The Morgan fingerprint density at radius 2 is 0.800 bits per heavy atom. The number of rotatable bonds is 15. The Kier molecular flexibility index (Phi) is 10.9. The van der Waals surface area contributed by atoms with Crippen molar-refractivity contribution in [2.75, 3.05) is 67.9 Å². The zero-order valence-electron chi connectivity index (χ0n) is 31.6. The number of anilines is 5. The van der Waals surface area contributed by atoms with E-state index in [9.17, 15) is 19.2 Å². The molecule has 2 N–H and O–H groups in total. The lowest BCUT2D eigenvalue weighted by atomic mass is 9.83. The molecule has 5 aromatic rings. The average Bonchev–Trinajstić information content (AvgIpc) is 3.21. The summed E-state index contributed by atoms with van der Waals surface area (Å²) in [4.78, 5) is 76.3. The molecule has 0 saturated carbocycles. The topological polar surface area (TPSA) is 141 Å². The smallest absolute Gasteiger partial charge is 0.233 e. The molecule has 1 heterocycles. The first-order chi connectivity index (χ1) is 26.8. The number of carbonyl (C=O) groups is 4. The molecule has 12 heteroatoms. The fourth-order valence-electron chi connectivity index (χ4n) is 7.27. The highest BCUT2D eigenvalue weighted by molar-refractivity contribution is 6.31. The normalized spacial score (nSPS) is 13.1. The van der Waals surface area contributed by atoms with Gasteiger partial charge in [-0.1, -0.05) is 100 Å². The molecule has 280 valence electrons. The van der Waals surface area contributed by atoms with E-state index >= 15 is 0 Å². The summed E-state index contributed by atoms with van der Waals surface area (Å²) in [5.41, 5.74) is 3.21. The van der Waals surface area contributed by atoms with Gasteiger partial charge in [0, 0.05) is 59.6 Å². The lowest BCUT2D eigenvalue weighted by Gasteiger charge is -2.29. The number of likely N-dealkylation sites (N-methyl/N-ethyl adjacent to an activating group) is 2. The van der Waals surface area contributed by atoms with Crippen molar-refractivity contribution in [1.82, 2.24) is 24.8 Å². The quantitative estimate of drug-likeness (QED) is 0.120. The molecule has 55 heavy (non-hydrogen) atoms. The van der Waals surface area contributed by atoms with Crippen LogP contribution in [0, 0.1) is 0 Å². The number of aromatic nitrogens is 3. The Hall–Kier alpha value is -6.11. The lowest BCUT2D eigenvalue weighted by molar-refractivity contribution is 0.0979. The van der Waals surface area contributed by atoms with Crippen molar-refractivity contribution in [3.63, 3.8) is 0 Å². The molecule has 12 nitrogen and oxygen atoms in total. The van der Waals surface area contributed by atoms with Gasteiger partial charge in [-0.05, 0) is 38.3 Å². The first-order valence-corrected chi connectivity index (χ1v) is 18.9. The number of ketones is 4. The average molecular weight is 737 g/mol. The predicted molar refractivity (Wildman–Crippen MR) is 214 cm³/mol. The summed E-state index contributed by atoms with van der Waals surface area (Å²) in [7, 11) is 0. The second-order valence-corrected chi connectivity index (χ2v) is 13.4. The number of nitrogens with one attached hydrogen (secondary N) is 2. The van der Waals surface area contributed by atoms with Crippen LogP contribution in [0.2, 0.25) is 0 Å². The van der Waals surface area contributed by atoms with Gasteiger partial charge in [-0.15, -0.1) is 0 Å². The van der Waals surface area contributed by atoms with Crippen LogP contribution in [-0.4, -0.2) is 100 Å². The van der Waals surface area contributed by atoms with Crippen molar-refractivity contribution in [2.24, 2.45) is 0 Å². The Bertz CT molecular complexity index is 2140. The standard InChI is InChI=1S/C43H44N8O4/c1-5-49(6-2)23-25-51(26-24-50(7-3)8-4)43-47-41(44-33-21-13-19-31-35(33)39(54)29-17-11-9-15-27(29)37(31)52)46-42(48-43)45-34-22-14-20-32-36(34)40(55)30-18-12-10-16-28(30)38(32)53/h9-22H,5-8,23-26H2,1-4H3,(H2,44,45,46,47,48). The monoisotopic (exact) mass is 736 g/mol. The molecular formula is C43H44N8O4. The molecule has 1 aromatic heterocycles. The summed E-state index contributed by atoms with van der Waals surface area (Å²) >= 11 is 0. The zero-order chi connectivity index (χ0) is 38.6. The Morgan fingerprint density at radius 1 is 0.436 bits per heavy atom. The highest BCUT2D eigenvalue weighted by Gasteiger charge is 2.33. The molecule has 0 bridgehead atoms. The summed E-state index contributed by atoms with van der Waals surface area (Å²) in [5, 5.41) is 6.51. The van der Waals surface area contributed by atoms with Crippen LogP contribution in [0.5, 0.6) is 0 Å². The first kappa shape index (κ1) is 37.2. The van der Waals surface area contributed by atoms with Crippen LogP contribution in [0.1, 0.15) is 91.4 Å². The van der Waals surface area contributed by atoms with Crippen LogP contribution in [0.25, 0.3) is 0 Å². The summed E-state index contributed by atoms with van der Waals surface area (Å²) < 4.78 is 0. The van der Waals surface area contributed by atoms with E-state index in [1.54, 1.807) is 84.9 Å². The predicted octanol–water partition coefficient (Wildman–Crippen LogP) is 6.40. The zero-order valence-corrected chi connectivity index (χ0v) is 31.6. The second kappa shape index (κ2) is 16.1. The third-order valence-electron chi connectivity index (χ3n) is 10.5. The number of benzene rings is 4. The SMILES string of the molecule is CCN(CC)CCN(CCN(CC)CC)c1nc(Nc2cccc3c2C(=O)c2ccccc2C3=O)nc(Nc2cccc3c2C(=O)c2ccccc2C3=O)n1. The molecule has 7 rings (SSSR count). The van der Waals surface area contributed by atoms with Gasteiger partial charge in [0.1, 0.15) is 0 Å². The summed E-state index contributed by atoms with van der Waals surface area (Å²) in [6.07, 6.45) is 0. The van der Waals surface area contributed by atoms with Crippen LogP contribution in [0.4, 0.5) is 29.2 Å². The van der Waals surface area contributed by atoms with Gasteiger partial charge in [0.2, 0.25) is 17.8 Å². The number of carbonyl (C=O) groups excluding carboxylic acids is 4. The van der Waals surface area contributed by atoms with E-state index in [4.69, 9.17) is 15.0 Å². The van der Waals surface area contributed by atoms with Gasteiger partial charge in [-0.3, -0.25) is 19.2 Å². The summed E-state index contributed by atoms with van der Waals surface area (Å²) in [6.45, 7) is 14.9. The van der Waals surface area contributed by atoms with E-state index in [0.717, 1.165) is 39.3 Å². The summed E-state index contributed by atoms with van der Waals surface area (Å²) in [6, 6.07) is 23.8. The van der Waals surface area contributed by atoms with Crippen LogP contribution in [0.15, 0.2) is 84.9 Å². The first-order valence-electron chi connectivity index (χ1n) is 18.9. The van der Waals surface area contributed by atoms with Gasteiger partial charge in [0.15, 0.2) is 23.1 Å². The third-order valence-corrected chi connectivity index (χ3v) is 10.5. The van der Waals surface area contributed by atoms with Crippen molar-refractivity contribution in [3.05, 3.63) is 129 Å². The number of fused-ring (bicyclic) bond motifs is 4. The van der Waals surface area contributed by atoms with Crippen LogP contribution in [-0.2, 0) is 0 Å². The number of hydrogen-bond acceptors (Lipinski definition) is 12. The fourth-order valence-corrected chi connectivity index (χ4v) is 7.27. The van der Waals surface area contributed by atoms with E-state index < -0.39 is 0 Å². The van der Waals surface area contributed by atoms with E-state index in [1.807, 2.05) is 0 Å². The molecule has 0 radical (unpaired) electrons. The highest BCUT2D eigenvalue weighted by atomic mass is 16.1. The molecule has 0 spiro atoms. The van der Waals surface area contributed by atoms with Crippen LogP contribution in [0.3, 0.4) is 0 Å².